The summed E-state index contributed by atoms with van der Waals surface area (Å²) in [6.07, 6.45) is 1.32. The van der Waals surface area contributed by atoms with Crippen molar-refractivity contribution in [2.45, 2.75) is 18.9 Å². The fourth-order valence-corrected chi connectivity index (χ4v) is 2.47. The highest BCUT2D eigenvalue weighted by Gasteiger charge is 2.23. The van der Waals surface area contributed by atoms with Crippen LogP contribution in [0, 0.1) is 0 Å². The van der Waals surface area contributed by atoms with Crippen molar-refractivity contribution in [1.82, 2.24) is 0 Å². The number of anilines is 1. The van der Waals surface area contributed by atoms with Crippen molar-refractivity contribution in [3.05, 3.63) is 65.7 Å². The zero-order chi connectivity index (χ0) is 15.4. The molecule has 2 aromatic carbocycles. The van der Waals surface area contributed by atoms with Crippen molar-refractivity contribution < 1.29 is 14.3 Å². The third kappa shape index (κ3) is 3.23. The number of amides is 1. The van der Waals surface area contributed by atoms with Crippen LogP contribution in [0.2, 0.25) is 0 Å². The number of hydrogen-bond acceptors (Lipinski definition) is 3. The van der Waals surface area contributed by atoms with Gasteiger partial charge >= 0.3 is 0 Å². The van der Waals surface area contributed by atoms with Crippen LogP contribution in [0.4, 0.5) is 5.69 Å². The van der Waals surface area contributed by atoms with Crippen molar-refractivity contribution >= 4 is 17.4 Å². The number of hydrogen-bond donors (Lipinski definition) is 1. The lowest BCUT2D eigenvalue weighted by atomic mass is 10.0. The molecule has 0 radical (unpaired) electrons. The third-order valence-electron chi connectivity index (χ3n) is 3.67. The third-order valence-corrected chi connectivity index (χ3v) is 3.67. The molecule has 1 atom stereocenters. The van der Waals surface area contributed by atoms with Crippen LogP contribution in [0.3, 0.4) is 0 Å². The molecule has 1 saturated heterocycles. The predicted molar refractivity (Wildman–Crippen MR) is 83.9 cm³/mol. The van der Waals surface area contributed by atoms with Gasteiger partial charge in [-0.2, -0.15) is 0 Å². The zero-order valence-corrected chi connectivity index (χ0v) is 12.1. The molecule has 0 bridgehead atoms. The smallest absolute Gasteiger partial charge is 0.253 e. The summed E-state index contributed by atoms with van der Waals surface area (Å²) in [6, 6.07) is 16.0. The molecule has 0 aromatic heterocycles. The lowest BCUT2D eigenvalue weighted by Crippen LogP contribution is -2.26. The van der Waals surface area contributed by atoms with Crippen LogP contribution in [0.5, 0.6) is 0 Å². The number of carbonyl (C=O) groups is 2. The Morgan fingerprint density at radius 1 is 0.955 bits per heavy atom. The Bertz CT molecular complexity index is 658. The molecular weight excluding hydrogens is 278 g/mol. The first-order valence-corrected chi connectivity index (χ1v) is 7.36. The summed E-state index contributed by atoms with van der Waals surface area (Å²) in [5.41, 5.74) is 1.92. The summed E-state index contributed by atoms with van der Waals surface area (Å²) in [4.78, 5) is 24.2. The molecule has 1 amide bonds. The van der Waals surface area contributed by atoms with E-state index in [1.54, 1.807) is 36.4 Å². The van der Waals surface area contributed by atoms with Crippen molar-refractivity contribution in [2.24, 2.45) is 0 Å². The van der Waals surface area contributed by atoms with Gasteiger partial charge in [0.15, 0.2) is 5.78 Å². The van der Waals surface area contributed by atoms with Crippen LogP contribution < -0.4 is 5.32 Å². The maximum Gasteiger partial charge on any atom is 0.253 e. The van der Waals surface area contributed by atoms with Gasteiger partial charge in [-0.05, 0) is 37.1 Å². The minimum atomic E-state index is -0.356. The number of ether oxygens (including phenoxy) is 1. The van der Waals surface area contributed by atoms with Crippen LogP contribution in [-0.2, 0) is 9.53 Å². The van der Waals surface area contributed by atoms with Crippen molar-refractivity contribution in [1.29, 1.82) is 0 Å². The van der Waals surface area contributed by atoms with E-state index < -0.39 is 0 Å². The van der Waals surface area contributed by atoms with E-state index >= 15 is 0 Å². The second-order valence-electron chi connectivity index (χ2n) is 5.26. The standard InChI is InChI=1S/C18H17NO3/c20-17(13-5-2-1-3-6-13)14-8-10-15(11-9-14)19-18(21)16-7-4-12-22-16/h1-3,5-6,8-11,16H,4,7,12H2,(H,19,21)/t16-/m0/s1. The highest BCUT2D eigenvalue weighted by atomic mass is 16.5. The molecular formula is C18H17NO3. The van der Waals surface area contributed by atoms with Gasteiger partial charge in [0.05, 0.1) is 0 Å². The molecule has 0 spiro atoms. The van der Waals surface area contributed by atoms with E-state index in [1.165, 1.54) is 0 Å². The molecule has 112 valence electrons. The fraction of sp³-hybridized carbons (Fsp3) is 0.222. The summed E-state index contributed by atoms with van der Waals surface area (Å²) >= 11 is 0. The number of nitrogens with one attached hydrogen (secondary N) is 1. The van der Waals surface area contributed by atoms with Gasteiger partial charge in [0.2, 0.25) is 0 Å². The monoisotopic (exact) mass is 295 g/mol. The number of ketones is 1. The van der Waals surface area contributed by atoms with E-state index in [0.717, 1.165) is 12.8 Å². The fourth-order valence-electron chi connectivity index (χ4n) is 2.47. The minimum Gasteiger partial charge on any atom is -0.368 e. The molecule has 0 aliphatic carbocycles. The van der Waals surface area contributed by atoms with Crippen molar-refractivity contribution in [3.8, 4) is 0 Å². The number of carbonyl (C=O) groups excluding carboxylic acids is 2. The van der Waals surface area contributed by atoms with E-state index in [9.17, 15) is 9.59 Å². The summed E-state index contributed by atoms with van der Waals surface area (Å²) < 4.78 is 5.34. The van der Waals surface area contributed by atoms with Gasteiger partial charge < -0.3 is 10.1 Å². The Kier molecular flexibility index (Phi) is 4.30. The van der Waals surface area contributed by atoms with E-state index in [0.29, 0.717) is 23.4 Å². The summed E-state index contributed by atoms with van der Waals surface area (Å²) in [6.45, 7) is 0.641. The Morgan fingerprint density at radius 3 is 2.27 bits per heavy atom. The molecule has 0 saturated carbocycles. The highest BCUT2D eigenvalue weighted by molar-refractivity contribution is 6.09. The van der Waals surface area contributed by atoms with E-state index in [2.05, 4.69) is 5.32 Å². The van der Waals surface area contributed by atoms with Gasteiger partial charge in [0.1, 0.15) is 6.10 Å². The minimum absolute atomic E-state index is 0.0300. The molecule has 1 aliphatic rings. The van der Waals surface area contributed by atoms with Gasteiger partial charge in [-0.3, -0.25) is 9.59 Å². The van der Waals surface area contributed by atoms with E-state index in [4.69, 9.17) is 4.74 Å². The normalized spacial score (nSPS) is 17.2. The highest BCUT2D eigenvalue weighted by Crippen LogP contribution is 2.17. The maximum absolute atomic E-state index is 12.3. The topological polar surface area (TPSA) is 55.4 Å². The Hall–Kier alpha value is -2.46. The summed E-state index contributed by atoms with van der Waals surface area (Å²) in [7, 11) is 0. The maximum atomic E-state index is 12.3. The largest absolute Gasteiger partial charge is 0.368 e. The molecule has 22 heavy (non-hydrogen) atoms. The average Bonchev–Trinajstić information content (AvgIpc) is 3.10. The first-order valence-electron chi connectivity index (χ1n) is 7.36. The summed E-state index contributed by atoms with van der Waals surface area (Å²) in [5, 5.41) is 2.81. The second-order valence-corrected chi connectivity index (χ2v) is 5.26. The molecule has 4 heteroatoms. The predicted octanol–water partition coefficient (Wildman–Crippen LogP) is 3.04. The van der Waals surface area contributed by atoms with Crippen LogP contribution in [0.15, 0.2) is 54.6 Å². The average molecular weight is 295 g/mol. The van der Waals surface area contributed by atoms with Gasteiger partial charge in [0, 0.05) is 23.4 Å². The Balaban J connectivity index is 1.67. The van der Waals surface area contributed by atoms with Crippen molar-refractivity contribution in [2.75, 3.05) is 11.9 Å². The molecule has 0 unspecified atom stereocenters. The van der Waals surface area contributed by atoms with Crippen LogP contribution in [0.1, 0.15) is 28.8 Å². The quantitative estimate of drug-likeness (QED) is 0.882. The van der Waals surface area contributed by atoms with Crippen LogP contribution >= 0.6 is 0 Å². The first kappa shape index (κ1) is 14.5. The van der Waals surface area contributed by atoms with Gasteiger partial charge in [-0.1, -0.05) is 30.3 Å². The van der Waals surface area contributed by atoms with Gasteiger partial charge in [-0.15, -0.1) is 0 Å². The molecule has 1 fully saturated rings. The number of rotatable bonds is 4. The molecule has 3 rings (SSSR count). The Morgan fingerprint density at radius 2 is 1.64 bits per heavy atom. The molecule has 1 aliphatic heterocycles. The first-order chi connectivity index (χ1) is 10.7. The molecule has 1 N–H and O–H groups in total. The molecule has 2 aromatic rings. The van der Waals surface area contributed by atoms with Gasteiger partial charge in [0.25, 0.3) is 5.91 Å². The van der Waals surface area contributed by atoms with Gasteiger partial charge in [-0.25, -0.2) is 0 Å². The van der Waals surface area contributed by atoms with Crippen LogP contribution in [0.25, 0.3) is 0 Å². The second kappa shape index (κ2) is 6.54. The lowest BCUT2D eigenvalue weighted by molar-refractivity contribution is -0.124. The van der Waals surface area contributed by atoms with E-state index in [-0.39, 0.29) is 17.8 Å². The van der Waals surface area contributed by atoms with Crippen molar-refractivity contribution in [3.63, 3.8) is 0 Å². The Labute approximate surface area is 129 Å². The summed E-state index contributed by atoms with van der Waals surface area (Å²) in [5.74, 6) is -0.155. The number of benzene rings is 2. The molecule has 4 nitrogen and oxygen atoms in total. The zero-order valence-electron chi connectivity index (χ0n) is 12.1. The molecule has 1 heterocycles. The van der Waals surface area contributed by atoms with E-state index in [1.807, 2.05) is 18.2 Å². The SMILES string of the molecule is O=C(c1ccccc1)c1ccc(NC(=O)[C@@H]2CCCO2)cc1. The van der Waals surface area contributed by atoms with Crippen LogP contribution in [-0.4, -0.2) is 24.4 Å². The lowest BCUT2D eigenvalue weighted by Gasteiger charge is -2.10.